The van der Waals surface area contributed by atoms with Crippen molar-refractivity contribution in [1.29, 1.82) is 0 Å². The van der Waals surface area contributed by atoms with E-state index in [-0.39, 0.29) is 17.5 Å². The molecule has 1 aliphatic rings. The number of aromatic nitrogens is 3. The minimum Gasteiger partial charge on any atom is -0.478 e. The summed E-state index contributed by atoms with van der Waals surface area (Å²) in [6.07, 6.45) is 5.88. The van der Waals surface area contributed by atoms with E-state index >= 15 is 0 Å². The minimum atomic E-state index is -0.967. The number of oxazole rings is 1. The van der Waals surface area contributed by atoms with Gasteiger partial charge in [0.25, 0.3) is 5.91 Å². The molecule has 1 N–H and O–H groups in total. The smallest absolute Gasteiger partial charge is 0.339 e. The normalized spacial score (nSPS) is 15.0. The number of carbonyl (C=O) groups is 2. The summed E-state index contributed by atoms with van der Waals surface area (Å²) in [5, 5.41) is 13.4. The molecule has 28 heavy (non-hydrogen) atoms. The summed E-state index contributed by atoms with van der Waals surface area (Å²) < 4.78 is 7.04. The minimum absolute atomic E-state index is 0.00835. The summed E-state index contributed by atoms with van der Waals surface area (Å²) >= 11 is 0. The molecule has 0 spiro atoms. The number of benzene rings is 1. The predicted molar refractivity (Wildman–Crippen MR) is 100 cm³/mol. The van der Waals surface area contributed by atoms with Crippen LogP contribution in [0.2, 0.25) is 0 Å². The Kier molecular flexibility index (Phi) is 4.68. The molecule has 4 rings (SSSR count). The van der Waals surface area contributed by atoms with Gasteiger partial charge in [0.1, 0.15) is 5.56 Å². The van der Waals surface area contributed by atoms with Crippen LogP contribution in [0.1, 0.15) is 45.3 Å². The summed E-state index contributed by atoms with van der Waals surface area (Å²) in [6, 6.07) is 7.39. The zero-order valence-corrected chi connectivity index (χ0v) is 15.4. The summed E-state index contributed by atoms with van der Waals surface area (Å²) in [5.74, 6) is -0.314. The molecule has 1 saturated heterocycles. The first-order chi connectivity index (χ1) is 13.5. The fourth-order valence-corrected chi connectivity index (χ4v) is 3.63. The second-order valence-corrected chi connectivity index (χ2v) is 6.86. The molecule has 1 aliphatic heterocycles. The number of carbonyl (C=O) groups excluding carboxylic acids is 1. The Labute approximate surface area is 161 Å². The molecule has 1 fully saturated rings. The van der Waals surface area contributed by atoms with Crippen molar-refractivity contribution in [2.24, 2.45) is 0 Å². The quantitative estimate of drug-likeness (QED) is 0.746. The van der Waals surface area contributed by atoms with E-state index in [4.69, 9.17) is 4.42 Å². The SMILES string of the molecule is Cc1c(C(=O)O)cnn1C1CCN(C(=O)c2ccc(-c3cnco3)cc2)CC1. The summed E-state index contributed by atoms with van der Waals surface area (Å²) in [7, 11) is 0. The van der Waals surface area contributed by atoms with E-state index in [0.717, 1.165) is 18.4 Å². The monoisotopic (exact) mass is 380 g/mol. The van der Waals surface area contributed by atoms with Crippen LogP contribution in [0.25, 0.3) is 11.3 Å². The van der Waals surface area contributed by atoms with Crippen molar-refractivity contribution in [3.8, 4) is 11.3 Å². The van der Waals surface area contributed by atoms with Gasteiger partial charge < -0.3 is 14.4 Å². The van der Waals surface area contributed by atoms with Crippen molar-refractivity contribution in [1.82, 2.24) is 19.7 Å². The van der Waals surface area contributed by atoms with Crippen LogP contribution in [0.5, 0.6) is 0 Å². The third kappa shape index (κ3) is 3.28. The van der Waals surface area contributed by atoms with Gasteiger partial charge in [0.2, 0.25) is 0 Å². The van der Waals surface area contributed by atoms with Gasteiger partial charge >= 0.3 is 5.97 Å². The van der Waals surface area contributed by atoms with Crippen LogP contribution < -0.4 is 0 Å². The molecule has 0 radical (unpaired) electrons. The lowest BCUT2D eigenvalue weighted by Crippen LogP contribution is -2.39. The Morgan fingerprint density at radius 1 is 1.14 bits per heavy atom. The Hall–Kier alpha value is -3.42. The largest absolute Gasteiger partial charge is 0.478 e. The van der Waals surface area contributed by atoms with Crippen LogP contribution in [0, 0.1) is 6.92 Å². The van der Waals surface area contributed by atoms with Crippen molar-refractivity contribution in [3.63, 3.8) is 0 Å². The van der Waals surface area contributed by atoms with Gasteiger partial charge in [-0.25, -0.2) is 9.78 Å². The molecule has 1 aromatic carbocycles. The molecule has 0 atom stereocenters. The summed E-state index contributed by atoms with van der Waals surface area (Å²) in [6.45, 7) is 2.98. The number of hydrogen-bond donors (Lipinski definition) is 1. The number of likely N-dealkylation sites (tertiary alicyclic amines) is 1. The molecule has 3 aromatic rings. The lowest BCUT2D eigenvalue weighted by atomic mass is 10.0. The van der Waals surface area contributed by atoms with E-state index < -0.39 is 5.97 Å². The highest BCUT2D eigenvalue weighted by Gasteiger charge is 2.27. The van der Waals surface area contributed by atoms with Gasteiger partial charge in [-0.3, -0.25) is 9.48 Å². The van der Waals surface area contributed by atoms with Gasteiger partial charge in [-0.2, -0.15) is 5.10 Å². The average molecular weight is 380 g/mol. The van der Waals surface area contributed by atoms with Crippen LogP contribution in [0.4, 0.5) is 0 Å². The van der Waals surface area contributed by atoms with E-state index in [0.29, 0.717) is 30.1 Å². The van der Waals surface area contributed by atoms with Gasteiger partial charge in [0, 0.05) is 24.2 Å². The van der Waals surface area contributed by atoms with Crippen LogP contribution in [0.15, 0.2) is 47.5 Å². The van der Waals surface area contributed by atoms with E-state index in [1.54, 1.807) is 29.9 Å². The summed E-state index contributed by atoms with van der Waals surface area (Å²) in [4.78, 5) is 29.7. The molecular formula is C20H20N4O4. The standard InChI is InChI=1S/C20H20N4O4/c1-13-17(20(26)27)10-22-24(13)16-6-8-23(9-7-16)19(25)15-4-2-14(3-5-15)18-11-21-12-28-18/h2-5,10-12,16H,6-9H2,1H3,(H,26,27). The maximum absolute atomic E-state index is 12.8. The second-order valence-electron chi connectivity index (χ2n) is 6.86. The van der Waals surface area contributed by atoms with Crippen LogP contribution in [0.3, 0.4) is 0 Å². The zero-order chi connectivity index (χ0) is 19.7. The van der Waals surface area contributed by atoms with Crippen molar-refractivity contribution in [2.45, 2.75) is 25.8 Å². The van der Waals surface area contributed by atoms with E-state index in [1.165, 1.54) is 12.6 Å². The first-order valence-corrected chi connectivity index (χ1v) is 9.10. The highest BCUT2D eigenvalue weighted by molar-refractivity contribution is 5.94. The number of aromatic carboxylic acids is 1. The molecule has 3 heterocycles. The number of piperidine rings is 1. The van der Waals surface area contributed by atoms with Gasteiger partial charge in [0.15, 0.2) is 12.2 Å². The number of rotatable bonds is 4. The number of carboxylic acid groups (broad SMARTS) is 1. The van der Waals surface area contributed by atoms with Crippen LogP contribution in [-0.2, 0) is 0 Å². The highest BCUT2D eigenvalue weighted by atomic mass is 16.4. The Morgan fingerprint density at radius 2 is 1.86 bits per heavy atom. The predicted octanol–water partition coefficient (Wildman–Crippen LogP) is 3.02. The Morgan fingerprint density at radius 3 is 2.43 bits per heavy atom. The number of nitrogens with zero attached hydrogens (tertiary/aromatic N) is 4. The average Bonchev–Trinajstić information content (AvgIpc) is 3.38. The fourth-order valence-electron chi connectivity index (χ4n) is 3.63. The van der Waals surface area contributed by atoms with Gasteiger partial charge in [0.05, 0.1) is 24.1 Å². The van der Waals surface area contributed by atoms with Crippen LogP contribution in [-0.4, -0.2) is 49.7 Å². The molecule has 1 amide bonds. The molecular weight excluding hydrogens is 360 g/mol. The molecule has 0 aliphatic carbocycles. The molecule has 144 valence electrons. The van der Waals surface area contributed by atoms with Gasteiger partial charge in [-0.1, -0.05) is 12.1 Å². The first-order valence-electron chi connectivity index (χ1n) is 9.10. The molecule has 8 heteroatoms. The number of amides is 1. The van der Waals surface area contributed by atoms with E-state index in [1.807, 2.05) is 17.0 Å². The van der Waals surface area contributed by atoms with E-state index in [2.05, 4.69) is 10.1 Å². The molecule has 0 unspecified atom stereocenters. The third-order valence-electron chi connectivity index (χ3n) is 5.22. The highest BCUT2D eigenvalue weighted by Crippen LogP contribution is 2.26. The molecule has 0 saturated carbocycles. The lowest BCUT2D eigenvalue weighted by Gasteiger charge is -2.32. The van der Waals surface area contributed by atoms with Gasteiger partial charge in [-0.15, -0.1) is 0 Å². The maximum Gasteiger partial charge on any atom is 0.339 e. The molecule has 2 aromatic heterocycles. The topological polar surface area (TPSA) is 101 Å². The maximum atomic E-state index is 12.8. The van der Waals surface area contributed by atoms with Crippen molar-refractivity contribution >= 4 is 11.9 Å². The first kappa shape index (κ1) is 18.0. The summed E-state index contributed by atoms with van der Waals surface area (Å²) in [5.41, 5.74) is 2.38. The lowest BCUT2D eigenvalue weighted by molar-refractivity contribution is 0.0688. The van der Waals surface area contributed by atoms with Crippen molar-refractivity contribution in [3.05, 3.63) is 59.9 Å². The molecule has 0 bridgehead atoms. The van der Waals surface area contributed by atoms with Gasteiger partial charge in [-0.05, 0) is 31.9 Å². The molecule has 8 nitrogen and oxygen atoms in total. The Balaban J connectivity index is 1.41. The number of carboxylic acids is 1. The second kappa shape index (κ2) is 7.30. The third-order valence-corrected chi connectivity index (χ3v) is 5.22. The van der Waals surface area contributed by atoms with Crippen LogP contribution >= 0.6 is 0 Å². The Bertz CT molecular complexity index is 984. The van der Waals surface area contributed by atoms with Crippen molar-refractivity contribution < 1.29 is 19.1 Å². The fraction of sp³-hybridized carbons (Fsp3) is 0.300. The zero-order valence-electron chi connectivity index (χ0n) is 15.4. The number of hydrogen-bond acceptors (Lipinski definition) is 5. The van der Waals surface area contributed by atoms with Crippen molar-refractivity contribution in [2.75, 3.05) is 13.1 Å². The van der Waals surface area contributed by atoms with E-state index in [9.17, 15) is 14.7 Å².